The van der Waals surface area contributed by atoms with Gasteiger partial charge in [-0.1, -0.05) is 34.6 Å². The fraction of sp³-hybridized carbons (Fsp3) is 1.00. The van der Waals surface area contributed by atoms with Crippen LogP contribution in [0.15, 0.2) is 0 Å². The van der Waals surface area contributed by atoms with Crippen molar-refractivity contribution in [2.24, 2.45) is 16.7 Å². The summed E-state index contributed by atoms with van der Waals surface area (Å²) in [6, 6.07) is 0.753. The normalized spacial score (nSPS) is 34.0. The van der Waals surface area contributed by atoms with Crippen LogP contribution in [0.1, 0.15) is 66.7 Å². The van der Waals surface area contributed by atoms with Gasteiger partial charge in [0.1, 0.15) is 0 Å². The van der Waals surface area contributed by atoms with Gasteiger partial charge >= 0.3 is 0 Å². The summed E-state index contributed by atoms with van der Waals surface area (Å²) in [5.41, 5.74) is 1.12. The number of rotatable bonds is 4. The Balaban J connectivity index is 1.90. The van der Waals surface area contributed by atoms with Crippen LogP contribution in [-0.2, 0) is 0 Å². The van der Waals surface area contributed by atoms with Gasteiger partial charge in [0.15, 0.2) is 0 Å². The Morgan fingerprint density at radius 1 is 1.00 bits per heavy atom. The van der Waals surface area contributed by atoms with Crippen LogP contribution in [0.2, 0.25) is 0 Å². The first-order valence-electron chi connectivity index (χ1n) is 8.77. The lowest BCUT2D eigenvalue weighted by Crippen LogP contribution is -2.49. The number of nitrogens with zero attached hydrogens (tertiary/aromatic N) is 1. The van der Waals surface area contributed by atoms with Crippen molar-refractivity contribution in [2.75, 3.05) is 26.2 Å². The molecule has 20 heavy (non-hydrogen) atoms. The highest BCUT2D eigenvalue weighted by Crippen LogP contribution is 2.40. The molecule has 118 valence electrons. The first kappa shape index (κ1) is 16.3. The fourth-order valence-corrected chi connectivity index (χ4v) is 4.13. The van der Waals surface area contributed by atoms with Crippen LogP contribution >= 0.6 is 0 Å². The van der Waals surface area contributed by atoms with Crippen LogP contribution < -0.4 is 5.32 Å². The standard InChI is InChI=1S/C18H36N2/c1-6-19-16-7-8-18(4,5)13-15(16)14-20-11-9-17(2,3)10-12-20/h15-16,19H,6-14H2,1-5H3. The third-order valence-electron chi connectivity index (χ3n) is 5.68. The zero-order valence-electron chi connectivity index (χ0n) is 14.5. The quantitative estimate of drug-likeness (QED) is 0.840. The molecule has 0 aromatic carbocycles. The number of hydrogen-bond acceptors (Lipinski definition) is 2. The van der Waals surface area contributed by atoms with E-state index in [-0.39, 0.29) is 0 Å². The molecule has 0 radical (unpaired) electrons. The summed E-state index contributed by atoms with van der Waals surface area (Å²) < 4.78 is 0. The molecule has 0 bridgehead atoms. The summed E-state index contributed by atoms with van der Waals surface area (Å²) in [7, 11) is 0. The zero-order valence-corrected chi connectivity index (χ0v) is 14.5. The average Bonchev–Trinajstić information content (AvgIpc) is 2.35. The molecule has 1 N–H and O–H groups in total. The maximum absolute atomic E-state index is 3.75. The summed E-state index contributed by atoms with van der Waals surface area (Å²) in [5, 5.41) is 3.75. The van der Waals surface area contributed by atoms with Crippen LogP contribution in [0, 0.1) is 16.7 Å². The van der Waals surface area contributed by atoms with Gasteiger partial charge in [0.2, 0.25) is 0 Å². The second-order valence-electron chi connectivity index (χ2n) is 8.80. The molecule has 1 saturated heterocycles. The van der Waals surface area contributed by atoms with Gasteiger partial charge in [-0.3, -0.25) is 0 Å². The van der Waals surface area contributed by atoms with Gasteiger partial charge in [0, 0.05) is 12.6 Å². The zero-order chi connectivity index (χ0) is 14.8. The molecule has 0 aromatic rings. The highest BCUT2D eigenvalue weighted by Gasteiger charge is 2.36. The molecule has 0 spiro atoms. The number of hydrogen-bond donors (Lipinski definition) is 1. The maximum Gasteiger partial charge on any atom is 0.0108 e. The third kappa shape index (κ3) is 4.46. The monoisotopic (exact) mass is 280 g/mol. The van der Waals surface area contributed by atoms with E-state index in [4.69, 9.17) is 0 Å². The Kier molecular flexibility index (Phi) is 5.18. The Hall–Kier alpha value is -0.0800. The SMILES string of the molecule is CCNC1CCC(C)(C)CC1CN1CCC(C)(C)CC1. The van der Waals surface area contributed by atoms with Gasteiger partial charge in [-0.05, 0) is 68.5 Å². The van der Waals surface area contributed by atoms with Gasteiger partial charge in [-0.15, -0.1) is 0 Å². The molecule has 2 aliphatic rings. The Bertz CT molecular complexity index is 299. The number of likely N-dealkylation sites (tertiary alicyclic amines) is 1. The molecule has 2 unspecified atom stereocenters. The number of nitrogens with one attached hydrogen (secondary N) is 1. The van der Waals surface area contributed by atoms with Crippen molar-refractivity contribution in [3.05, 3.63) is 0 Å². The predicted octanol–water partition coefficient (Wildman–Crippen LogP) is 3.91. The van der Waals surface area contributed by atoms with Crippen molar-refractivity contribution in [1.82, 2.24) is 10.2 Å². The molecule has 2 rings (SSSR count). The molecule has 1 saturated carbocycles. The van der Waals surface area contributed by atoms with Crippen LogP contribution in [0.3, 0.4) is 0 Å². The maximum atomic E-state index is 3.75. The average molecular weight is 280 g/mol. The van der Waals surface area contributed by atoms with Crippen LogP contribution in [0.25, 0.3) is 0 Å². The molecule has 2 heteroatoms. The van der Waals surface area contributed by atoms with Gasteiger partial charge < -0.3 is 10.2 Å². The van der Waals surface area contributed by atoms with E-state index in [1.807, 2.05) is 0 Å². The third-order valence-corrected chi connectivity index (χ3v) is 5.68. The summed E-state index contributed by atoms with van der Waals surface area (Å²) in [4.78, 5) is 2.74. The van der Waals surface area contributed by atoms with E-state index in [0.29, 0.717) is 10.8 Å². The lowest BCUT2D eigenvalue weighted by molar-refractivity contribution is 0.0686. The van der Waals surface area contributed by atoms with E-state index in [9.17, 15) is 0 Å². The fourth-order valence-electron chi connectivity index (χ4n) is 4.13. The van der Waals surface area contributed by atoms with E-state index < -0.39 is 0 Å². The molecular formula is C18H36N2. The molecule has 0 amide bonds. The molecule has 2 fully saturated rings. The molecule has 2 nitrogen and oxygen atoms in total. The molecule has 0 aromatic heterocycles. The van der Waals surface area contributed by atoms with E-state index >= 15 is 0 Å². The highest BCUT2D eigenvalue weighted by molar-refractivity contribution is 4.91. The summed E-state index contributed by atoms with van der Waals surface area (Å²) >= 11 is 0. The second-order valence-corrected chi connectivity index (χ2v) is 8.80. The minimum atomic E-state index is 0.547. The van der Waals surface area contributed by atoms with Crippen LogP contribution in [0.4, 0.5) is 0 Å². The van der Waals surface area contributed by atoms with E-state index in [2.05, 4.69) is 44.8 Å². The van der Waals surface area contributed by atoms with Crippen molar-refractivity contribution in [3.63, 3.8) is 0 Å². The van der Waals surface area contributed by atoms with Gasteiger partial charge in [-0.2, -0.15) is 0 Å². The number of piperidine rings is 1. The van der Waals surface area contributed by atoms with Crippen molar-refractivity contribution in [2.45, 2.75) is 72.8 Å². The minimum absolute atomic E-state index is 0.547. The topological polar surface area (TPSA) is 15.3 Å². The Morgan fingerprint density at radius 2 is 1.65 bits per heavy atom. The van der Waals surface area contributed by atoms with E-state index in [1.165, 1.54) is 51.7 Å². The predicted molar refractivity (Wildman–Crippen MR) is 88.0 cm³/mol. The first-order chi connectivity index (χ1) is 9.31. The van der Waals surface area contributed by atoms with Gasteiger partial charge in [0.25, 0.3) is 0 Å². The molecule has 1 aliphatic heterocycles. The van der Waals surface area contributed by atoms with Crippen LogP contribution in [0.5, 0.6) is 0 Å². The highest BCUT2D eigenvalue weighted by atomic mass is 15.1. The van der Waals surface area contributed by atoms with E-state index in [0.717, 1.165) is 18.5 Å². The van der Waals surface area contributed by atoms with Crippen molar-refractivity contribution in [3.8, 4) is 0 Å². The molecule has 2 atom stereocenters. The second kappa shape index (κ2) is 6.36. The molecular weight excluding hydrogens is 244 g/mol. The molecule has 1 heterocycles. The van der Waals surface area contributed by atoms with Crippen molar-refractivity contribution < 1.29 is 0 Å². The Labute approximate surface area is 126 Å². The lowest BCUT2D eigenvalue weighted by Gasteiger charge is -2.45. The summed E-state index contributed by atoms with van der Waals surface area (Å²) in [5.74, 6) is 0.847. The van der Waals surface area contributed by atoms with Crippen LogP contribution in [-0.4, -0.2) is 37.1 Å². The van der Waals surface area contributed by atoms with Gasteiger partial charge in [0.05, 0.1) is 0 Å². The lowest BCUT2D eigenvalue weighted by atomic mass is 9.69. The largest absolute Gasteiger partial charge is 0.314 e. The smallest absolute Gasteiger partial charge is 0.0108 e. The Morgan fingerprint density at radius 3 is 2.25 bits per heavy atom. The van der Waals surface area contributed by atoms with Crippen molar-refractivity contribution >= 4 is 0 Å². The van der Waals surface area contributed by atoms with E-state index in [1.54, 1.807) is 0 Å². The van der Waals surface area contributed by atoms with Gasteiger partial charge in [-0.25, -0.2) is 0 Å². The van der Waals surface area contributed by atoms with Crippen molar-refractivity contribution in [1.29, 1.82) is 0 Å². The summed E-state index contributed by atoms with van der Waals surface area (Å²) in [6.07, 6.45) is 6.88. The molecule has 1 aliphatic carbocycles. The minimum Gasteiger partial charge on any atom is -0.314 e. The summed E-state index contributed by atoms with van der Waals surface area (Å²) in [6.45, 7) is 17.1. The first-order valence-corrected chi connectivity index (χ1v) is 8.77.